The fraction of sp³-hybridized carbons (Fsp3) is 0.526. The third kappa shape index (κ3) is 5.24. The molecule has 1 N–H and O–H groups in total. The van der Waals surface area contributed by atoms with Crippen molar-refractivity contribution in [1.82, 2.24) is 29.7 Å². The molecule has 0 atom stereocenters. The molecule has 2 aliphatic heterocycles. The number of hydrogen-bond donors (Lipinski definition) is 1. The summed E-state index contributed by atoms with van der Waals surface area (Å²) in [5.41, 5.74) is 1.12. The monoisotopic (exact) mass is 430 g/mol. The van der Waals surface area contributed by atoms with Crippen LogP contribution in [0.4, 0.5) is 23.5 Å². The van der Waals surface area contributed by atoms with E-state index in [2.05, 4.69) is 54.0 Å². The highest BCUT2D eigenvalue weighted by Crippen LogP contribution is 2.21. The predicted molar refractivity (Wildman–Crippen MR) is 119 cm³/mol. The Bertz CT molecular complexity index is 828. The smallest absolute Gasteiger partial charge is 0.233 e. The maximum atomic E-state index is 8.93. The summed E-state index contributed by atoms with van der Waals surface area (Å²) in [4.78, 5) is 27.3. The van der Waals surface area contributed by atoms with Crippen LogP contribution in [-0.2, 0) is 0 Å². The number of likely N-dealkylation sites (N-methyl/N-ethyl adjacent to an activating group) is 2. The average Bonchev–Trinajstić information content (AvgIpc) is 2.75. The lowest BCUT2D eigenvalue weighted by molar-refractivity contribution is 0.309. The van der Waals surface area contributed by atoms with Crippen LogP contribution in [0.1, 0.15) is 5.69 Å². The molecule has 11 heteroatoms. The van der Waals surface area contributed by atoms with E-state index in [0.29, 0.717) is 23.5 Å². The first-order valence-corrected chi connectivity index (χ1v) is 9.87. The van der Waals surface area contributed by atoms with E-state index in [9.17, 15) is 0 Å². The van der Waals surface area contributed by atoms with E-state index in [1.807, 2.05) is 6.07 Å². The van der Waals surface area contributed by atoms with Gasteiger partial charge in [0.1, 0.15) is 11.8 Å². The highest BCUT2D eigenvalue weighted by Gasteiger charge is 2.22. The Hall–Kier alpha value is -2.74. The van der Waals surface area contributed by atoms with E-state index < -0.39 is 0 Å². The largest absolute Gasteiger partial charge is 0.338 e. The standard InChI is InChI=1S/C19H26N10.ClH/c1-26-5-9-28(10-6-26)18-23-17(22-16-4-3-15(13-20)21-14-16)24-19(25-18)29-11-7-27(2)8-12-29;/h3-4,14H,5-12H2,1-2H3,(H,22,23,24,25);1H. The van der Waals surface area contributed by atoms with Crippen molar-refractivity contribution in [2.75, 3.05) is 81.6 Å². The number of nitriles is 1. The molecular weight excluding hydrogens is 404 g/mol. The van der Waals surface area contributed by atoms with Crippen LogP contribution in [0.5, 0.6) is 0 Å². The molecular formula is C19H27ClN10. The quantitative estimate of drug-likeness (QED) is 0.749. The Kier molecular flexibility index (Phi) is 7.20. The number of pyridine rings is 1. The zero-order valence-electron chi connectivity index (χ0n) is 17.3. The van der Waals surface area contributed by atoms with Gasteiger partial charge in [-0.25, -0.2) is 4.98 Å². The van der Waals surface area contributed by atoms with Crippen LogP contribution in [0.3, 0.4) is 0 Å². The van der Waals surface area contributed by atoms with Crippen molar-refractivity contribution in [2.45, 2.75) is 0 Å². The molecule has 4 heterocycles. The second-order valence-corrected chi connectivity index (χ2v) is 7.51. The Morgan fingerprint density at radius 2 is 1.37 bits per heavy atom. The molecule has 160 valence electrons. The number of anilines is 4. The van der Waals surface area contributed by atoms with Gasteiger partial charge in [-0.15, -0.1) is 12.4 Å². The number of piperazine rings is 2. The van der Waals surface area contributed by atoms with Crippen molar-refractivity contribution in [2.24, 2.45) is 0 Å². The van der Waals surface area contributed by atoms with Gasteiger partial charge in [0.15, 0.2) is 0 Å². The van der Waals surface area contributed by atoms with E-state index in [0.717, 1.165) is 58.0 Å². The van der Waals surface area contributed by atoms with E-state index in [1.54, 1.807) is 18.3 Å². The van der Waals surface area contributed by atoms with Crippen LogP contribution < -0.4 is 15.1 Å². The molecule has 30 heavy (non-hydrogen) atoms. The van der Waals surface area contributed by atoms with Crippen LogP contribution in [0.25, 0.3) is 0 Å². The van der Waals surface area contributed by atoms with E-state index >= 15 is 0 Å². The summed E-state index contributed by atoms with van der Waals surface area (Å²) in [7, 11) is 4.26. The summed E-state index contributed by atoms with van der Waals surface area (Å²) in [6.07, 6.45) is 1.62. The molecule has 2 fully saturated rings. The zero-order valence-corrected chi connectivity index (χ0v) is 18.1. The highest BCUT2D eigenvalue weighted by atomic mass is 35.5. The summed E-state index contributed by atoms with van der Waals surface area (Å²) in [5.74, 6) is 1.90. The molecule has 2 aliphatic rings. The first kappa shape index (κ1) is 22.0. The second kappa shape index (κ2) is 9.84. The minimum atomic E-state index is 0. The summed E-state index contributed by atoms with van der Waals surface area (Å²) in [5, 5.41) is 12.2. The highest BCUT2D eigenvalue weighted by molar-refractivity contribution is 5.85. The molecule has 10 nitrogen and oxygen atoms in total. The minimum Gasteiger partial charge on any atom is -0.338 e. The average molecular weight is 431 g/mol. The first-order valence-electron chi connectivity index (χ1n) is 9.87. The Morgan fingerprint density at radius 3 is 1.80 bits per heavy atom. The fourth-order valence-corrected chi connectivity index (χ4v) is 3.37. The normalized spacial score (nSPS) is 17.9. The number of hydrogen-bond acceptors (Lipinski definition) is 10. The molecule has 0 aromatic carbocycles. The van der Waals surface area contributed by atoms with Gasteiger partial charge in [0.05, 0.1) is 11.9 Å². The van der Waals surface area contributed by atoms with E-state index in [1.165, 1.54) is 0 Å². The van der Waals surface area contributed by atoms with Crippen molar-refractivity contribution >= 4 is 35.9 Å². The predicted octanol–water partition coefficient (Wildman–Crippen LogP) is 0.807. The van der Waals surface area contributed by atoms with E-state index in [4.69, 9.17) is 10.2 Å². The molecule has 2 saturated heterocycles. The van der Waals surface area contributed by atoms with Crippen LogP contribution in [0.2, 0.25) is 0 Å². The Labute approximate surface area is 183 Å². The lowest BCUT2D eigenvalue weighted by Crippen LogP contribution is -2.46. The van der Waals surface area contributed by atoms with Gasteiger partial charge in [-0.2, -0.15) is 20.2 Å². The van der Waals surface area contributed by atoms with E-state index in [-0.39, 0.29) is 12.4 Å². The summed E-state index contributed by atoms with van der Waals surface area (Å²) in [6, 6.07) is 5.51. The number of nitrogens with zero attached hydrogens (tertiary/aromatic N) is 9. The van der Waals surface area contributed by atoms with Crippen molar-refractivity contribution in [3.05, 3.63) is 24.0 Å². The molecule has 0 bridgehead atoms. The van der Waals surface area contributed by atoms with Gasteiger partial charge in [-0.1, -0.05) is 0 Å². The van der Waals surface area contributed by atoms with Gasteiger partial charge in [0, 0.05) is 52.4 Å². The SMILES string of the molecule is CN1CCN(c2nc(Nc3ccc(C#N)nc3)nc(N3CCN(C)CC3)n2)CC1.Cl. The van der Waals surface area contributed by atoms with Crippen molar-refractivity contribution in [3.63, 3.8) is 0 Å². The molecule has 0 unspecified atom stereocenters. The maximum absolute atomic E-state index is 8.93. The summed E-state index contributed by atoms with van der Waals surface area (Å²) >= 11 is 0. The fourth-order valence-electron chi connectivity index (χ4n) is 3.37. The Balaban J connectivity index is 0.00000256. The third-order valence-corrected chi connectivity index (χ3v) is 5.32. The lowest BCUT2D eigenvalue weighted by atomic mass is 10.3. The Morgan fingerprint density at radius 1 is 0.833 bits per heavy atom. The number of aromatic nitrogens is 4. The number of halogens is 1. The summed E-state index contributed by atoms with van der Waals surface area (Å²) < 4.78 is 0. The minimum absolute atomic E-state index is 0. The maximum Gasteiger partial charge on any atom is 0.233 e. The summed E-state index contributed by atoms with van der Waals surface area (Å²) in [6.45, 7) is 7.49. The van der Waals surface area contributed by atoms with Gasteiger partial charge in [0.2, 0.25) is 17.8 Å². The van der Waals surface area contributed by atoms with Crippen LogP contribution >= 0.6 is 12.4 Å². The lowest BCUT2D eigenvalue weighted by Gasteiger charge is -2.34. The molecule has 2 aromatic rings. The zero-order chi connectivity index (χ0) is 20.2. The van der Waals surface area contributed by atoms with Crippen molar-refractivity contribution in [3.8, 4) is 6.07 Å². The van der Waals surface area contributed by atoms with Crippen LogP contribution in [0.15, 0.2) is 18.3 Å². The van der Waals surface area contributed by atoms with Crippen LogP contribution in [0, 0.1) is 11.3 Å². The molecule has 0 amide bonds. The number of nitrogens with one attached hydrogen (secondary N) is 1. The molecule has 4 rings (SSSR count). The van der Waals surface area contributed by atoms with Gasteiger partial charge in [-0.05, 0) is 26.2 Å². The second-order valence-electron chi connectivity index (χ2n) is 7.51. The third-order valence-electron chi connectivity index (χ3n) is 5.32. The molecule has 2 aromatic heterocycles. The van der Waals surface area contributed by atoms with Gasteiger partial charge < -0.3 is 24.9 Å². The first-order chi connectivity index (χ1) is 14.1. The van der Waals surface area contributed by atoms with Crippen molar-refractivity contribution in [1.29, 1.82) is 5.26 Å². The molecule has 0 radical (unpaired) electrons. The topological polar surface area (TPSA) is 100 Å². The van der Waals surface area contributed by atoms with Gasteiger partial charge in [-0.3, -0.25) is 0 Å². The van der Waals surface area contributed by atoms with Gasteiger partial charge in [0.25, 0.3) is 0 Å². The van der Waals surface area contributed by atoms with Crippen LogP contribution in [-0.4, -0.2) is 96.2 Å². The van der Waals surface area contributed by atoms with Gasteiger partial charge >= 0.3 is 0 Å². The number of rotatable bonds is 4. The van der Waals surface area contributed by atoms with Crippen molar-refractivity contribution < 1.29 is 0 Å². The molecule has 0 aliphatic carbocycles. The molecule has 0 saturated carbocycles. The molecule has 0 spiro atoms.